The zero-order valence-corrected chi connectivity index (χ0v) is 27.9. The first-order chi connectivity index (χ1) is 23.6. The van der Waals surface area contributed by atoms with Crippen molar-refractivity contribution in [3.05, 3.63) is 54.5 Å². The molecule has 14 heteroatoms. The normalized spacial score (nSPS) is 25.0. The molecule has 1 N–H and O–H groups in total. The van der Waals surface area contributed by atoms with E-state index in [1.165, 1.54) is 32.0 Å². The molecule has 8 rings (SSSR count). The lowest BCUT2D eigenvalue weighted by molar-refractivity contribution is -0.0515. The Balaban J connectivity index is 0.938. The first kappa shape index (κ1) is 31.5. The quantitative estimate of drug-likeness (QED) is 0.214. The van der Waals surface area contributed by atoms with Gasteiger partial charge < -0.3 is 24.3 Å². The summed E-state index contributed by atoms with van der Waals surface area (Å²) in [5, 5.41) is 13.0. The smallest absolute Gasteiger partial charge is 0.256 e. The standard InChI is InChI=1S/C34H42ClN9O4/c1-22(13-42-21-36-20-39-42)48-32-10-24(2-9-30(32)35)25-11-37-34(38-12-25)40-31-14-43(41-33(31)47-17-23-15-45-16-23)26-3-5-27(6-4-26)44-28-7-8-29(44)19-46-18-28/h2,9-12,14,20-23,26-29H,3-8,13,15-19H2,1H3,(H,37,38,40)/t22?,26?,27?,28-,29+. The third-order valence-corrected chi connectivity index (χ3v) is 10.3. The molecule has 1 unspecified atom stereocenters. The van der Waals surface area contributed by atoms with E-state index in [0.29, 0.717) is 65.8 Å². The van der Waals surface area contributed by atoms with Gasteiger partial charge in [-0.2, -0.15) is 5.10 Å². The minimum absolute atomic E-state index is 0.161. The van der Waals surface area contributed by atoms with Crippen molar-refractivity contribution in [1.29, 1.82) is 0 Å². The maximum Gasteiger partial charge on any atom is 0.256 e. The lowest BCUT2D eigenvalue weighted by atomic mass is 9.89. The monoisotopic (exact) mass is 675 g/mol. The highest BCUT2D eigenvalue weighted by Crippen LogP contribution is 2.40. The number of hydrogen-bond donors (Lipinski definition) is 1. The van der Waals surface area contributed by atoms with Crippen LogP contribution in [-0.2, 0) is 16.0 Å². The number of aromatic nitrogens is 7. The molecule has 3 atom stereocenters. The molecule has 1 aliphatic carbocycles. The molecule has 2 bridgehead atoms. The highest BCUT2D eigenvalue weighted by atomic mass is 35.5. The Labute approximate surface area is 284 Å². The van der Waals surface area contributed by atoms with Gasteiger partial charge in [-0.15, -0.1) is 5.10 Å². The molecule has 1 aromatic carbocycles. The fraction of sp³-hybridized carbons (Fsp3) is 0.559. The summed E-state index contributed by atoms with van der Waals surface area (Å²) in [7, 11) is 0. The number of morpholine rings is 1. The summed E-state index contributed by atoms with van der Waals surface area (Å²) in [6.07, 6.45) is 15.7. The van der Waals surface area contributed by atoms with E-state index in [1.807, 2.05) is 25.1 Å². The van der Waals surface area contributed by atoms with Gasteiger partial charge >= 0.3 is 0 Å². The van der Waals surface area contributed by atoms with Crippen LogP contribution in [0.25, 0.3) is 11.1 Å². The number of fused-ring (bicyclic) bond motifs is 2. The number of nitrogens with zero attached hydrogens (tertiary/aromatic N) is 8. The topological polar surface area (TPSA) is 126 Å². The first-order valence-corrected chi connectivity index (χ1v) is 17.5. The van der Waals surface area contributed by atoms with E-state index in [2.05, 4.69) is 41.1 Å². The van der Waals surface area contributed by atoms with Gasteiger partial charge in [0.25, 0.3) is 5.88 Å². The number of nitrogens with one attached hydrogen (secondary N) is 1. The van der Waals surface area contributed by atoms with Crippen molar-refractivity contribution in [1.82, 2.24) is 39.4 Å². The summed E-state index contributed by atoms with van der Waals surface area (Å²) < 4.78 is 27.4. The summed E-state index contributed by atoms with van der Waals surface area (Å²) in [4.78, 5) is 16.0. The van der Waals surface area contributed by atoms with E-state index in [1.54, 1.807) is 23.4 Å². The van der Waals surface area contributed by atoms with Gasteiger partial charge in [0.15, 0.2) is 0 Å². The SMILES string of the molecule is CC(Cn1cncn1)Oc1cc(-c2cnc(Nc3cn(C4CCC(N5[C@@H]6CC[C@H]5COC6)CC4)nc3OCC3COC3)nc2)ccc1Cl. The van der Waals surface area contributed by atoms with Crippen molar-refractivity contribution < 1.29 is 18.9 Å². The lowest BCUT2D eigenvalue weighted by Gasteiger charge is -2.43. The average Bonchev–Trinajstić information content (AvgIpc) is 3.80. The Morgan fingerprint density at radius 3 is 2.38 bits per heavy atom. The molecule has 4 fully saturated rings. The van der Waals surface area contributed by atoms with Crippen molar-refractivity contribution in [2.75, 3.05) is 38.4 Å². The van der Waals surface area contributed by atoms with E-state index < -0.39 is 0 Å². The van der Waals surface area contributed by atoms with Crippen LogP contribution < -0.4 is 14.8 Å². The Morgan fingerprint density at radius 2 is 1.67 bits per heavy atom. The fourth-order valence-corrected chi connectivity index (χ4v) is 7.65. The van der Waals surface area contributed by atoms with Gasteiger partial charge in [-0.25, -0.2) is 19.6 Å². The summed E-state index contributed by atoms with van der Waals surface area (Å²) in [5.41, 5.74) is 2.50. The predicted octanol–water partition coefficient (Wildman–Crippen LogP) is 5.17. The molecule has 13 nitrogen and oxygen atoms in total. The highest BCUT2D eigenvalue weighted by Gasteiger charge is 2.42. The molecule has 0 amide bonds. The molecule has 1 saturated carbocycles. The number of benzene rings is 1. The Bertz CT molecular complexity index is 1640. The molecule has 4 aromatic rings. The third-order valence-electron chi connectivity index (χ3n) is 10.0. The lowest BCUT2D eigenvalue weighted by Crippen LogP contribution is -2.52. The second kappa shape index (κ2) is 14.0. The maximum atomic E-state index is 6.48. The first-order valence-electron chi connectivity index (χ1n) is 17.1. The van der Waals surface area contributed by atoms with E-state index in [-0.39, 0.29) is 6.10 Å². The van der Waals surface area contributed by atoms with Crippen molar-refractivity contribution >= 4 is 23.2 Å². The molecular weight excluding hydrogens is 634 g/mol. The van der Waals surface area contributed by atoms with Crippen LogP contribution in [0.2, 0.25) is 5.02 Å². The molecule has 254 valence electrons. The number of rotatable bonds is 12. The molecule has 3 saturated heterocycles. The van der Waals surface area contributed by atoms with Crippen molar-refractivity contribution in [2.45, 2.75) is 82.3 Å². The highest BCUT2D eigenvalue weighted by molar-refractivity contribution is 6.32. The van der Waals surface area contributed by atoms with Crippen molar-refractivity contribution in [2.24, 2.45) is 5.92 Å². The van der Waals surface area contributed by atoms with Crippen molar-refractivity contribution in [3.63, 3.8) is 0 Å². The summed E-state index contributed by atoms with van der Waals surface area (Å²) in [6, 6.07) is 7.83. The maximum absolute atomic E-state index is 6.48. The third kappa shape index (κ3) is 6.87. The molecule has 3 aliphatic heterocycles. The van der Waals surface area contributed by atoms with Gasteiger partial charge in [-0.3, -0.25) is 9.58 Å². The van der Waals surface area contributed by atoms with E-state index in [0.717, 1.165) is 56.1 Å². The summed E-state index contributed by atoms with van der Waals surface area (Å²) in [5.74, 6) is 2.01. The fourth-order valence-electron chi connectivity index (χ4n) is 7.49. The van der Waals surface area contributed by atoms with Crippen LogP contribution in [0.3, 0.4) is 0 Å². The van der Waals surface area contributed by atoms with Crippen LogP contribution in [0, 0.1) is 5.92 Å². The Morgan fingerprint density at radius 1 is 0.938 bits per heavy atom. The molecule has 4 aliphatic rings. The number of halogens is 1. The van der Waals surface area contributed by atoms with Crippen LogP contribution in [0.4, 0.5) is 11.6 Å². The van der Waals surface area contributed by atoms with Crippen LogP contribution in [-0.4, -0.2) is 96.7 Å². The predicted molar refractivity (Wildman–Crippen MR) is 179 cm³/mol. The molecule has 0 radical (unpaired) electrons. The Hall–Kier alpha value is -3.78. The van der Waals surface area contributed by atoms with Crippen LogP contribution in [0.1, 0.15) is 51.5 Å². The number of ether oxygens (including phenoxy) is 4. The molecule has 48 heavy (non-hydrogen) atoms. The molecular formula is C34H42ClN9O4. The average molecular weight is 676 g/mol. The van der Waals surface area contributed by atoms with Crippen LogP contribution >= 0.6 is 11.6 Å². The summed E-state index contributed by atoms with van der Waals surface area (Å²) in [6.45, 7) is 6.31. The van der Waals surface area contributed by atoms with Crippen LogP contribution in [0.5, 0.6) is 11.6 Å². The largest absolute Gasteiger partial charge is 0.487 e. The van der Waals surface area contributed by atoms with Gasteiger partial charge in [0.2, 0.25) is 5.95 Å². The molecule has 0 spiro atoms. The minimum Gasteiger partial charge on any atom is -0.487 e. The number of hydrogen-bond acceptors (Lipinski definition) is 11. The zero-order valence-electron chi connectivity index (χ0n) is 27.2. The van der Waals surface area contributed by atoms with Gasteiger partial charge in [0.1, 0.15) is 30.2 Å². The van der Waals surface area contributed by atoms with Crippen LogP contribution in [0.15, 0.2) is 49.4 Å². The van der Waals surface area contributed by atoms with E-state index in [4.69, 9.17) is 35.6 Å². The minimum atomic E-state index is -0.161. The van der Waals surface area contributed by atoms with Gasteiger partial charge in [0, 0.05) is 42.0 Å². The Kier molecular flexibility index (Phi) is 9.17. The van der Waals surface area contributed by atoms with Gasteiger partial charge in [0.05, 0.1) is 56.8 Å². The number of anilines is 2. The van der Waals surface area contributed by atoms with Gasteiger partial charge in [-0.05, 0) is 63.1 Å². The molecule has 6 heterocycles. The van der Waals surface area contributed by atoms with Gasteiger partial charge in [-0.1, -0.05) is 17.7 Å². The summed E-state index contributed by atoms with van der Waals surface area (Å²) >= 11 is 6.48. The van der Waals surface area contributed by atoms with E-state index in [9.17, 15) is 0 Å². The zero-order chi connectivity index (χ0) is 32.5. The second-order valence-electron chi connectivity index (χ2n) is 13.5. The van der Waals surface area contributed by atoms with E-state index >= 15 is 0 Å². The second-order valence-corrected chi connectivity index (χ2v) is 13.9. The van der Waals surface area contributed by atoms with Crippen molar-refractivity contribution in [3.8, 4) is 22.8 Å². The molecule has 3 aromatic heterocycles.